The molecule has 1 fully saturated rings. The third kappa shape index (κ3) is 2.56. The second-order valence-electron chi connectivity index (χ2n) is 5.54. The highest BCUT2D eigenvalue weighted by atomic mass is 19.1. The van der Waals surface area contributed by atoms with Gasteiger partial charge in [-0.2, -0.15) is 0 Å². The Bertz CT molecular complexity index is 839. The predicted octanol–water partition coefficient (Wildman–Crippen LogP) is 1.29. The number of halogens is 1. The van der Waals surface area contributed by atoms with Crippen molar-refractivity contribution >= 4 is 17.3 Å². The molecular weight excluding hydrogens is 297 g/mol. The summed E-state index contributed by atoms with van der Waals surface area (Å²) in [5, 5.41) is 4.60. The van der Waals surface area contributed by atoms with E-state index < -0.39 is 0 Å². The van der Waals surface area contributed by atoms with E-state index in [2.05, 4.69) is 25.0 Å². The molecule has 118 valence electrons. The molecule has 8 heteroatoms. The van der Waals surface area contributed by atoms with Crippen molar-refractivity contribution in [2.75, 3.05) is 36.0 Å². The average Bonchev–Trinajstić information content (AvgIpc) is 2.94. The lowest BCUT2D eigenvalue weighted by Gasteiger charge is -2.35. The van der Waals surface area contributed by atoms with E-state index in [1.807, 2.05) is 30.2 Å². The van der Waals surface area contributed by atoms with Crippen LogP contribution in [-0.4, -0.2) is 50.7 Å². The lowest BCUT2D eigenvalue weighted by Crippen LogP contribution is -2.47. The van der Waals surface area contributed by atoms with E-state index in [0.717, 1.165) is 30.2 Å². The lowest BCUT2D eigenvalue weighted by atomic mass is 10.3. The Morgan fingerprint density at radius 1 is 1.09 bits per heavy atom. The van der Waals surface area contributed by atoms with Crippen LogP contribution in [0.15, 0.2) is 30.9 Å². The summed E-state index contributed by atoms with van der Waals surface area (Å²) in [5.41, 5.74) is 1.78. The smallest absolute Gasteiger partial charge is 0.183 e. The number of nitrogens with zero attached hydrogens (tertiary/aromatic N) is 7. The molecule has 7 nitrogen and oxygen atoms in total. The summed E-state index contributed by atoms with van der Waals surface area (Å²) in [5.74, 6) is 0.889. The van der Waals surface area contributed by atoms with Gasteiger partial charge in [-0.05, 0) is 19.1 Å². The molecule has 0 aliphatic carbocycles. The fraction of sp³-hybridized carbons (Fsp3) is 0.333. The summed E-state index contributed by atoms with van der Waals surface area (Å²) in [6.07, 6.45) is 4.48. The van der Waals surface area contributed by atoms with Gasteiger partial charge in [0, 0.05) is 26.2 Å². The molecule has 4 rings (SSSR count). The molecule has 0 radical (unpaired) electrons. The van der Waals surface area contributed by atoms with Gasteiger partial charge in [-0.1, -0.05) is 0 Å². The van der Waals surface area contributed by atoms with Crippen molar-refractivity contribution in [2.45, 2.75) is 6.92 Å². The Labute approximate surface area is 132 Å². The van der Waals surface area contributed by atoms with E-state index >= 15 is 0 Å². The van der Waals surface area contributed by atoms with Crippen LogP contribution < -0.4 is 9.80 Å². The van der Waals surface area contributed by atoms with Crippen molar-refractivity contribution < 1.29 is 4.39 Å². The van der Waals surface area contributed by atoms with E-state index in [-0.39, 0.29) is 5.82 Å². The molecular formula is C15H16FN7. The molecule has 0 amide bonds. The van der Waals surface area contributed by atoms with Crippen LogP contribution in [0.2, 0.25) is 0 Å². The number of fused-ring (bicyclic) bond motifs is 1. The van der Waals surface area contributed by atoms with Crippen molar-refractivity contribution in [1.29, 1.82) is 0 Å². The molecule has 1 aliphatic heterocycles. The maximum atomic E-state index is 13.8. The Kier molecular flexibility index (Phi) is 3.29. The molecule has 4 heterocycles. The Balaban J connectivity index is 1.51. The predicted molar refractivity (Wildman–Crippen MR) is 84.1 cm³/mol. The quantitative estimate of drug-likeness (QED) is 0.710. The molecule has 1 saturated heterocycles. The molecule has 0 saturated carbocycles. The summed E-state index contributed by atoms with van der Waals surface area (Å²) in [7, 11) is 0. The first kappa shape index (κ1) is 13.9. The van der Waals surface area contributed by atoms with Crippen LogP contribution in [0.25, 0.3) is 5.65 Å². The van der Waals surface area contributed by atoms with Crippen molar-refractivity contribution in [3.63, 3.8) is 0 Å². The third-order valence-electron chi connectivity index (χ3n) is 3.98. The third-order valence-corrected chi connectivity index (χ3v) is 3.98. The minimum absolute atomic E-state index is 0.369. The van der Waals surface area contributed by atoms with Crippen LogP contribution in [-0.2, 0) is 0 Å². The number of anilines is 2. The largest absolute Gasteiger partial charge is 0.352 e. The summed E-state index contributed by atoms with van der Waals surface area (Å²) in [6.45, 7) is 4.85. The second kappa shape index (κ2) is 5.45. The van der Waals surface area contributed by atoms with Gasteiger partial charge in [0.05, 0.1) is 18.1 Å². The van der Waals surface area contributed by atoms with Crippen molar-refractivity contribution in [3.05, 3.63) is 42.4 Å². The van der Waals surface area contributed by atoms with E-state index in [9.17, 15) is 4.39 Å². The maximum Gasteiger partial charge on any atom is 0.183 e. The zero-order valence-corrected chi connectivity index (χ0v) is 12.7. The highest BCUT2D eigenvalue weighted by Gasteiger charge is 2.21. The number of imidazole rings is 1. The molecule has 23 heavy (non-hydrogen) atoms. The van der Waals surface area contributed by atoms with Crippen molar-refractivity contribution in [2.24, 2.45) is 0 Å². The van der Waals surface area contributed by atoms with Crippen LogP contribution in [0.1, 0.15) is 5.69 Å². The van der Waals surface area contributed by atoms with E-state index in [1.54, 1.807) is 4.52 Å². The normalized spacial score (nSPS) is 15.4. The SMILES string of the molecule is Cc1cn2nc(N3CCN(c4ncncc4F)CC3)ccc2n1. The molecule has 1 aliphatic rings. The summed E-state index contributed by atoms with van der Waals surface area (Å²) in [6, 6.07) is 3.94. The average molecular weight is 313 g/mol. The van der Waals surface area contributed by atoms with Crippen molar-refractivity contribution in [3.8, 4) is 0 Å². The first-order chi connectivity index (χ1) is 11.2. The van der Waals surface area contributed by atoms with Crippen LogP contribution in [0.3, 0.4) is 0 Å². The number of piperazine rings is 1. The Morgan fingerprint density at radius 2 is 1.87 bits per heavy atom. The summed E-state index contributed by atoms with van der Waals surface area (Å²) >= 11 is 0. The number of aromatic nitrogens is 5. The molecule has 0 unspecified atom stereocenters. The minimum Gasteiger partial charge on any atom is -0.352 e. The van der Waals surface area contributed by atoms with Gasteiger partial charge >= 0.3 is 0 Å². The Hall–Kier alpha value is -2.77. The van der Waals surface area contributed by atoms with Gasteiger partial charge in [0.2, 0.25) is 0 Å². The molecule has 3 aromatic heterocycles. The highest BCUT2D eigenvalue weighted by Crippen LogP contribution is 2.19. The fourth-order valence-electron chi connectivity index (χ4n) is 2.85. The second-order valence-corrected chi connectivity index (χ2v) is 5.54. The van der Waals surface area contributed by atoms with Crippen molar-refractivity contribution in [1.82, 2.24) is 24.6 Å². The van der Waals surface area contributed by atoms with Crippen LogP contribution in [0, 0.1) is 12.7 Å². The first-order valence-electron chi connectivity index (χ1n) is 7.49. The van der Waals surface area contributed by atoms with Gasteiger partial charge in [-0.25, -0.2) is 23.9 Å². The van der Waals surface area contributed by atoms with Gasteiger partial charge < -0.3 is 9.80 Å². The maximum absolute atomic E-state index is 13.8. The number of hydrogen-bond acceptors (Lipinski definition) is 6. The van der Waals surface area contributed by atoms with E-state index in [0.29, 0.717) is 18.9 Å². The first-order valence-corrected chi connectivity index (χ1v) is 7.49. The zero-order chi connectivity index (χ0) is 15.8. The molecule has 0 bridgehead atoms. The lowest BCUT2D eigenvalue weighted by molar-refractivity contribution is 0.580. The fourth-order valence-corrected chi connectivity index (χ4v) is 2.85. The number of aryl methyl sites for hydroxylation is 1. The van der Waals surface area contributed by atoms with Crippen LogP contribution in [0.5, 0.6) is 0 Å². The van der Waals surface area contributed by atoms with Crippen LogP contribution in [0.4, 0.5) is 16.0 Å². The van der Waals surface area contributed by atoms with Gasteiger partial charge in [-0.15, -0.1) is 5.10 Å². The topological polar surface area (TPSA) is 62.5 Å². The zero-order valence-electron chi connectivity index (χ0n) is 12.7. The highest BCUT2D eigenvalue weighted by molar-refractivity contribution is 5.48. The monoisotopic (exact) mass is 313 g/mol. The molecule has 0 aromatic carbocycles. The van der Waals surface area contributed by atoms with Gasteiger partial charge in [0.1, 0.15) is 12.1 Å². The molecule has 0 atom stereocenters. The molecule has 3 aromatic rings. The van der Waals surface area contributed by atoms with Gasteiger partial charge in [0.15, 0.2) is 17.3 Å². The summed E-state index contributed by atoms with van der Waals surface area (Å²) in [4.78, 5) is 16.2. The number of rotatable bonds is 2. The van der Waals surface area contributed by atoms with E-state index in [1.165, 1.54) is 12.5 Å². The summed E-state index contributed by atoms with van der Waals surface area (Å²) < 4.78 is 15.6. The van der Waals surface area contributed by atoms with Gasteiger partial charge in [-0.3, -0.25) is 0 Å². The standard InChI is InChI=1S/C15H16FN7/c1-11-9-23-13(19-11)2-3-14(20-23)21-4-6-22(7-5-21)15-12(16)8-17-10-18-15/h2-3,8-10H,4-7H2,1H3. The molecule has 0 spiro atoms. The minimum atomic E-state index is -0.380. The Morgan fingerprint density at radius 3 is 2.65 bits per heavy atom. The van der Waals surface area contributed by atoms with Gasteiger partial charge in [0.25, 0.3) is 0 Å². The number of hydrogen-bond donors (Lipinski definition) is 0. The van der Waals surface area contributed by atoms with E-state index in [4.69, 9.17) is 0 Å². The van der Waals surface area contributed by atoms with Crippen LogP contribution >= 0.6 is 0 Å². The molecule has 0 N–H and O–H groups in total.